The van der Waals surface area contributed by atoms with Gasteiger partial charge in [0, 0.05) is 10.9 Å². The minimum atomic E-state index is 0.482. The van der Waals surface area contributed by atoms with E-state index >= 15 is 0 Å². The SMILES string of the molecule is Cc1ccc(C)c(-c2csc(Nc3ccc(Cl)nc3)n2)c1. The Morgan fingerprint density at radius 3 is 2.76 bits per heavy atom. The molecule has 0 unspecified atom stereocenters. The molecule has 0 bridgehead atoms. The number of benzene rings is 1. The van der Waals surface area contributed by atoms with Gasteiger partial charge in [0.2, 0.25) is 0 Å². The number of hydrogen-bond acceptors (Lipinski definition) is 4. The van der Waals surface area contributed by atoms with Crippen molar-refractivity contribution in [3.8, 4) is 11.3 Å². The van der Waals surface area contributed by atoms with Crippen LogP contribution in [0.3, 0.4) is 0 Å². The van der Waals surface area contributed by atoms with Crippen LogP contribution in [-0.4, -0.2) is 9.97 Å². The first-order chi connectivity index (χ1) is 10.1. The second-order valence-corrected chi connectivity index (χ2v) is 6.10. The zero-order chi connectivity index (χ0) is 14.8. The smallest absolute Gasteiger partial charge is 0.187 e. The van der Waals surface area contributed by atoms with Crippen LogP contribution in [0.1, 0.15) is 11.1 Å². The molecule has 2 aromatic heterocycles. The molecule has 3 aromatic rings. The van der Waals surface area contributed by atoms with Crippen molar-refractivity contribution in [1.29, 1.82) is 0 Å². The Morgan fingerprint density at radius 2 is 2.00 bits per heavy atom. The lowest BCUT2D eigenvalue weighted by molar-refractivity contribution is 1.30. The number of aromatic nitrogens is 2. The van der Waals surface area contributed by atoms with Gasteiger partial charge in [-0.1, -0.05) is 29.3 Å². The second-order valence-electron chi connectivity index (χ2n) is 4.85. The van der Waals surface area contributed by atoms with Gasteiger partial charge in [0.15, 0.2) is 5.13 Å². The summed E-state index contributed by atoms with van der Waals surface area (Å²) < 4.78 is 0. The summed E-state index contributed by atoms with van der Waals surface area (Å²) in [5, 5.41) is 6.63. The molecule has 0 fully saturated rings. The van der Waals surface area contributed by atoms with Crippen LogP contribution in [0.2, 0.25) is 5.15 Å². The Hall–Kier alpha value is -1.91. The average molecular weight is 316 g/mol. The monoisotopic (exact) mass is 315 g/mol. The summed E-state index contributed by atoms with van der Waals surface area (Å²) in [4.78, 5) is 8.69. The number of halogens is 1. The maximum Gasteiger partial charge on any atom is 0.187 e. The predicted molar refractivity (Wildman–Crippen MR) is 89.6 cm³/mol. The molecule has 0 saturated heterocycles. The molecule has 0 aliphatic carbocycles. The Balaban J connectivity index is 1.86. The molecule has 5 heteroatoms. The summed E-state index contributed by atoms with van der Waals surface area (Å²) in [5.74, 6) is 0. The van der Waals surface area contributed by atoms with Crippen molar-refractivity contribution < 1.29 is 0 Å². The second kappa shape index (κ2) is 5.84. The van der Waals surface area contributed by atoms with E-state index in [1.165, 1.54) is 16.7 Å². The minimum absolute atomic E-state index is 0.482. The highest BCUT2D eigenvalue weighted by Gasteiger charge is 2.08. The van der Waals surface area contributed by atoms with Crippen molar-refractivity contribution in [2.75, 3.05) is 5.32 Å². The Bertz CT molecular complexity index is 765. The maximum absolute atomic E-state index is 5.78. The van der Waals surface area contributed by atoms with Crippen molar-refractivity contribution in [3.05, 3.63) is 58.2 Å². The quantitative estimate of drug-likeness (QED) is 0.673. The predicted octanol–water partition coefficient (Wildman–Crippen LogP) is 5.22. The molecular weight excluding hydrogens is 302 g/mol. The number of nitrogens with zero attached hydrogens (tertiary/aromatic N) is 2. The standard InChI is InChI=1S/C16H14ClN3S/c1-10-3-4-11(2)13(7-10)14-9-21-16(20-14)19-12-5-6-15(17)18-8-12/h3-9H,1-2H3,(H,19,20). The fourth-order valence-corrected chi connectivity index (χ4v) is 2.88. The first-order valence-electron chi connectivity index (χ1n) is 6.53. The van der Waals surface area contributed by atoms with E-state index in [9.17, 15) is 0 Å². The number of aryl methyl sites for hydroxylation is 2. The lowest BCUT2D eigenvalue weighted by Gasteiger charge is -2.04. The fraction of sp³-hybridized carbons (Fsp3) is 0.125. The van der Waals surface area contributed by atoms with Crippen LogP contribution in [0, 0.1) is 13.8 Å². The Kier molecular flexibility index (Phi) is 3.90. The first-order valence-corrected chi connectivity index (χ1v) is 7.79. The van der Waals surface area contributed by atoms with E-state index < -0.39 is 0 Å². The van der Waals surface area contributed by atoms with Crippen LogP contribution in [-0.2, 0) is 0 Å². The number of nitrogens with one attached hydrogen (secondary N) is 1. The maximum atomic E-state index is 5.78. The molecule has 0 spiro atoms. The molecule has 0 aliphatic heterocycles. The number of pyridine rings is 1. The van der Waals surface area contributed by atoms with Crippen LogP contribution in [0.4, 0.5) is 10.8 Å². The summed E-state index contributed by atoms with van der Waals surface area (Å²) in [6.07, 6.45) is 1.70. The topological polar surface area (TPSA) is 37.8 Å². The molecule has 3 rings (SSSR count). The molecule has 0 radical (unpaired) electrons. The normalized spacial score (nSPS) is 10.6. The minimum Gasteiger partial charge on any atom is -0.330 e. The third kappa shape index (κ3) is 3.23. The lowest BCUT2D eigenvalue weighted by Crippen LogP contribution is -1.91. The molecule has 0 amide bonds. The Labute approximate surface area is 132 Å². The molecule has 0 aliphatic rings. The van der Waals surface area contributed by atoms with Gasteiger partial charge in [0.1, 0.15) is 5.15 Å². The zero-order valence-corrected chi connectivity index (χ0v) is 13.3. The van der Waals surface area contributed by atoms with E-state index in [0.29, 0.717) is 5.15 Å². The van der Waals surface area contributed by atoms with E-state index in [1.807, 2.05) is 6.07 Å². The number of anilines is 2. The summed E-state index contributed by atoms with van der Waals surface area (Å²) in [5.41, 5.74) is 5.51. The molecule has 1 aromatic carbocycles. The van der Waals surface area contributed by atoms with E-state index in [-0.39, 0.29) is 0 Å². The van der Waals surface area contributed by atoms with Gasteiger partial charge in [-0.25, -0.2) is 9.97 Å². The van der Waals surface area contributed by atoms with Crippen molar-refractivity contribution >= 4 is 33.8 Å². The van der Waals surface area contributed by atoms with Crippen LogP contribution < -0.4 is 5.32 Å². The zero-order valence-electron chi connectivity index (χ0n) is 11.7. The van der Waals surface area contributed by atoms with Gasteiger partial charge in [-0.05, 0) is 37.6 Å². The van der Waals surface area contributed by atoms with Crippen molar-refractivity contribution in [1.82, 2.24) is 9.97 Å². The largest absolute Gasteiger partial charge is 0.330 e. The van der Waals surface area contributed by atoms with Gasteiger partial charge in [-0.15, -0.1) is 11.3 Å². The number of hydrogen-bond donors (Lipinski definition) is 1. The van der Waals surface area contributed by atoms with Gasteiger partial charge >= 0.3 is 0 Å². The fourth-order valence-electron chi connectivity index (χ4n) is 2.04. The van der Waals surface area contributed by atoms with E-state index in [0.717, 1.165) is 16.5 Å². The van der Waals surface area contributed by atoms with E-state index in [1.54, 1.807) is 23.6 Å². The average Bonchev–Trinajstić information content (AvgIpc) is 2.92. The Morgan fingerprint density at radius 1 is 1.14 bits per heavy atom. The number of thiazole rings is 1. The highest BCUT2D eigenvalue weighted by Crippen LogP contribution is 2.29. The molecule has 106 valence electrons. The molecule has 0 saturated carbocycles. The van der Waals surface area contributed by atoms with Crippen LogP contribution in [0.15, 0.2) is 41.9 Å². The molecule has 1 N–H and O–H groups in total. The van der Waals surface area contributed by atoms with Crippen molar-refractivity contribution in [2.45, 2.75) is 13.8 Å². The van der Waals surface area contributed by atoms with E-state index in [4.69, 9.17) is 11.6 Å². The molecule has 0 atom stereocenters. The molecule has 21 heavy (non-hydrogen) atoms. The molecule has 3 nitrogen and oxygen atoms in total. The summed E-state index contributed by atoms with van der Waals surface area (Å²) >= 11 is 7.35. The van der Waals surface area contributed by atoms with Crippen LogP contribution >= 0.6 is 22.9 Å². The lowest BCUT2D eigenvalue weighted by atomic mass is 10.0. The first kappa shape index (κ1) is 14.0. The van der Waals surface area contributed by atoms with Crippen LogP contribution in [0.5, 0.6) is 0 Å². The third-order valence-corrected chi connectivity index (χ3v) is 4.13. The van der Waals surface area contributed by atoms with Crippen molar-refractivity contribution in [3.63, 3.8) is 0 Å². The summed E-state index contributed by atoms with van der Waals surface area (Å²) in [7, 11) is 0. The van der Waals surface area contributed by atoms with Crippen molar-refractivity contribution in [2.24, 2.45) is 0 Å². The molecule has 2 heterocycles. The summed E-state index contributed by atoms with van der Waals surface area (Å²) in [6.45, 7) is 4.19. The van der Waals surface area contributed by atoms with Gasteiger partial charge in [-0.2, -0.15) is 0 Å². The van der Waals surface area contributed by atoms with E-state index in [2.05, 4.69) is 52.7 Å². The highest BCUT2D eigenvalue weighted by molar-refractivity contribution is 7.14. The third-order valence-electron chi connectivity index (χ3n) is 3.15. The van der Waals surface area contributed by atoms with Gasteiger partial charge in [0.05, 0.1) is 17.6 Å². The van der Waals surface area contributed by atoms with Crippen LogP contribution in [0.25, 0.3) is 11.3 Å². The number of rotatable bonds is 3. The van der Waals surface area contributed by atoms with Gasteiger partial charge in [0.25, 0.3) is 0 Å². The van der Waals surface area contributed by atoms with Gasteiger partial charge in [-0.3, -0.25) is 0 Å². The molecular formula is C16H14ClN3S. The summed E-state index contributed by atoms with van der Waals surface area (Å²) in [6, 6.07) is 10.0. The highest BCUT2D eigenvalue weighted by atomic mass is 35.5. The van der Waals surface area contributed by atoms with Gasteiger partial charge < -0.3 is 5.32 Å².